The van der Waals surface area contributed by atoms with Crippen LogP contribution in [0, 0.1) is 10.1 Å². The van der Waals surface area contributed by atoms with E-state index in [9.17, 15) is 14.9 Å². The van der Waals surface area contributed by atoms with Crippen molar-refractivity contribution < 1.29 is 19.2 Å². The average molecular weight is 349 g/mol. The van der Waals surface area contributed by atoms with Crippen molar-refractivity contribution in [1.82, 2.24) is 5.32 Å². The Hall–Kier alpha value is -2.80. The fourth-order valence-electron chi connectivity index (χ4n) is 2.32. The van der Waals surface area contributed by atoms with Crippen molar-refractivity contribution >= 4 is 23.2 Å². The standard InChI is InChI=1S/C16H13ClN2O5/c17-11-2-3-13(19(21)22)12(8-11)16(20)18-9-10-1-4-14-15(7-10)24-6-5-23-14/h1-4,7-8H,5-6,9H2,(H,18,20). The Morgan fingerprint density at radius 2 is 1.92 bits per heavy atom. The van der Waals surface area contributed by atoms with Crippen LogP contribution in [0.25, 0.3) is 0 Å². The highest BCUT2D eigenvalue weighted by atomic mass is 35.5. The zero-order valence-electron chi connectivity index (χ0n) is 12.5. The van der Waals surface area contributed by atoms with Crippen LogP contribution < -0.4 is 14.8 Å². The highest BCUT2D eigenvalue weighted by Gasteiger charge is 2.20. The molecule has 2 aromatic rings. The van der Waals surface area contributed by atoms with Gasteiger partial charge >= 0.3 is 0 Å². The average Bonchev–Trinajstić information content (AvgIpc) is 2.59. The van der Waals surface area contributed by atoms with Gasteiger partial charge in [-0.15, -0.1) is 0 Å². The van der Waals surface area contributed by atoms with Gasteiger partial charge in [0.1, 0.15) is 18.8 Å². The molecule has 1 aliphatic rings. The summed E-state index contributed by atoms with van der Waals surface area (Å²) >= 11 is 5.83. The van der Waals surface area contributed by atoms with Crippen molar-refractivity contribution in [3.8, 4) is 11.5 Å². The highest BCUT2D eigenvalue weighted by Crippen LogP contribution is 2.30. The van der Waals surface area contributed by atoms with Crippen molar-refractivity contribution in [2.45, 2.75) is 6.54 Å². The number of amides is 1. The Morgan fingerprint density at radius 3 is 2.67 bits per heavy atom. The quantitative estimate of drug-likeness (QED) is 0.677. The smallest absolute Gasteiger partial charge is 0.282 e. The minimum absolute atomic E-state index is 0.0787. The summed E-state index contributed by atoms with van der Waals surface area (Å²) in [5.41, 5.74) is 0.418. The highest BCUT2D eigenvalue weighted by molar-refractivity contribution is 6.31. The maximum atomic E-state index is 12.3. The molecule has 0 aliphatic carbocycles. The zero-order chi connectivity index (χ0) is 17.1. The van der Waals surface area contributed by atoms with Gasteiger partial charge < -0.3 is 14.8 Å². The predicted molar refractivity (Wildman–Crippen MR) is 86.7 cm³/mol. The number of benzene rings is 2. The number of hydrogen-bond acceptors (Lipinski definition) is 5. The normalized spacial score (nSPS) is 12.5. The van der Waals surface area contributed by atoms with Gasteiger partial charge in [-0.05, 0) is 29.8 Å². The van der Waals surface area contributed by atoms with Crippen molar-refractivity contribution in [3.05, 3.63) is 62.7 Å². The molecule has 124 valence electrons. The van der Waals surface area contributed by atoms with Gasteiger partial charge in [0.05, 0.1) is 4.92 Å². The van der Waals surface area contributed by atoms with E-state index < -0.39 is 10.8 Å². The number of nitrogens with one attached hydrogen (secondary N) is 1. The molecule has 1 amide bonds. The molecule has 24 heavy (non-hydrogen) atoms. The van der Waals surface area contributed by atoms with E-state index in [1.807, 2.05) is 0 Å². The van der Waals surface area contributed by atoms with Crippen molar-refractivity contribution in [1.29, 1.82) is 0 Å². The number of hydrogen-bond donors (Lipinski definition) is 1. The van der Waals surface area contributed by atoms with Crippen LogP contribution in [0.3, 0.4) is 0 Å². The van der Waals surface area contributed by atoms with E-state index in [4.69, 9.17) is 21.1 Å². The minimum atomic E-state index is -0.616. The largest absolute Gasteiger partial charge is 0.486 e. The molecular formula is C16H13ClN2O5. The molecule has 1 aliphatic heterocycles. The molecule has 7 nitrogen and oxygen atoms in total. The van der Waals surface area contributed by atoms with Crippen molar-refractivity contribution in [2.24, 2.45) is 0 Å². The predicted octanol–water partition coefficient (Wildman–Crippen LogP) is 2.95. The molecule has 0 fully saturated rings. The van der Waals surface area contributed by atoms with Gasteiger partial charge in [0.25, 0.3) is 11.6 Å². The van der Waals surface area contributed by atoms with Gasteiger partial charge in [-0.2, -0.15) is 0 Å². The molecule has 0 radical (unpaired) electrons. The lowest BCUT2D eigenvalue weighted by Gasteiger charge is -2.19. The summed E-state index contributed by atoms with van der Waals surface area (Å²) in [6, 6.07) is 9.18. The summed E-state index contributed by atoms with van der Waals surface area (Å²) in [4.78, 5) is 22.7. The van der Waals surface area contributed by atoms with E-state index in [-0.39, 0.29) is 22.8 Å². The number of ether oxygens (including phenoxy) is 2. The lowest BCUT2D eigenvalue weighted by atomic mass is 10.1. The summed E-state index contributed by atoms with van der Waals surface area (Å²) in [6.07, 6.45) is 0. The Labute approximate surface area is 142 Å². The molecule has 3 rings (SSSR count). The molecule has 0 saturated carbocycles. The summed E-state index contributed by atoms with van der Waals surface area (Å²) < 4.78 is 10.9. The van der Waals surface area contributed by atoms with Crippen LogP contribution >= 0.6 is 11.6 Å². The summed E-state index contributed by atoms with van der Waals surface area (Å²) in [7, 11) is 0. The molecule has 0 unspecified atom stereocenters. The van der Waals surface area contributed by atoms with E-state index in [0.717, 1.165) is 5.56 Å². The third-order valence-electron chi connectivity index (χ3n) is 3.46. The topological polar surface area (TPSA) is 90.7 Å². The monoisotopic (exact) mass is 348 g/mol. The van der Waals surface area contributed by atoms with Gasteiger partial charge in [-0.3, -0.25) is 14.9 Å². The number of fused-ring (bicyclic) bond motifs is 1. The lowest BCUT2D eigenvalue weighted by Crippen LogP contribution is -2.24. The number of carbonyl (C=O) groups is 1. The SMILES string of the molecule is O=C(NCc1ccc2c(c1)OCCO2)c1cc(Cl)ccc1[N+](=O)[O-]. The van der Waals surface area contributed by atoms with Gasteiger partial charge in [0, 0.05) is 17.6 Å². The number of nitro groups is 1. The van der Waals surface area contributed by atoms with Gasteiger partial charge in [0.15, 0.2) is 11.5 Å². The van der Waals surface area contributed by atoms with E-state index >= 15 is 0 Å². The summed E-state index contributed by atoms with van der Waals surface area (Å²) in [5, 5.41) is 13.9. The van der Waals surface area contributed by atoms with Gasteiger partial charge in [0.2, 0.25) is 0 Å². The van der Waals surface area contributed by atoms with E-state index in [1.54, 1.807) is 18.2 Å². The van der Waals surface area contributed by atoms with Gasteiger partial charge in [-0.1, -0.05) is 17.7 Å². The van der Waals surface area contributed by atoms with E-state index in [2.05, 4.69) is 5.32 Å². The molecule has 0 aromatic heterocycles. The molecule has 1 N–H and O–H groups in total. The van der Waals surface area contributed by atoms with Crippen molar-refractivity contribution in [3.63, 3.8) is 0 Å². The Bertz CT molecular complexity index is 809. The van der Waals surface area contributed by atoms with E-state index in [1.165, 1.54) is 18.2 Å². The maximum Gasteiger partial charge on any atom is 0.282 e. The fraction of sp³-hybridized carbons (Fsp3) is 0.188. The first-order valence-corrected chi connectivity index (χ1v) is 7.53. The Kier molecular flexibility index (Phi) is 4.52. The second kappa shape index (κ2) is 6.76. The molecule has 0 saturated heterocycles. The third-order valence-corrected chi connectivity index (χ3v) is 3.69. The second-order valence-electron chi connectivity index (χ2n) is 5.08. The van der Waals surface area contributed by atoms with Crippen LogP contribution in [0.2, 0.25) is 5.02 Å². The number of rotatable bonds is 4. The summed E-state index contributed by atoms with van der Waals surface area (Å²) in [6.45, 7) is 1.16. The van der Waals surface area contributed by atoms with E-state index in [0.29, 0.717) is 24.7 Å². The third kappa shape index (κ3) is 3.41. The Morgan fingerprint density at radius 1 is 1.17 bits per heavy atom. The molecule has 0 spiro atoms. The second-order valence-corrected chi connectivity index (χ2v) is 5.52. The van der Waals surface area contributed by atoms with Crippen LogP contribution in [0.1, 0.15) is 15.9 Å². The number of carbonyl (C=O) groups excluding carboxylic acids is 1. The number of halogens is 1. The summed E-state index contributed by atoms with van der Waals surface area (Å²) in [5.74, 6) is 0.697. The molecule has 0 atom stereocenters. The molecule has 2 aromatic carbocycles. The first-order valence-electron chi connectivity index (χ1n) is 7.15. The van der Waals surface area contributed by atoms with Crippen LogP contribution in [-0.2, 0) is 6.54 Å². The molecule has 0 bridgehead atoms. The van der Waals surface area contributed by atoms with Crippen molar-refractivity contribution in [2.75, 3.05) is 13.2 Å². The van der Waals surface area contributed by atoms with Gasteiger partial charge in [-0.25, -0.2) is 0 Å². The van der Waals surface area contributed by atoms with Crippen LogP contribution in [-0.4, -0.2) is 24.0 Å². The number of nitrogens with zero attached hydrogens (tertiary/aromatic N) is 1. The zero-order valence-corrected chi connectivity index (χ0v) is 13.2. The number of nitro benzene ring substituents is 1. The van der Waals surface area contributed by atoms with Crippen LogP contribution in [0.15, 0.2) is 36.4 Å². The molecule has 8 heteroatoms. The fourth-order valence-corrected chi connectivity index (χ4v) is 2.50. The lowest BCUT2D eigenvalue weighted by molar-refractivity contribution is -0.385. The molecule has 1 heterocycles. The maximum absolute atomic E-state index is 12.3. The molecular weight excluding hydrogens is 336 g/mol. The van der Waals surface area contributed by atoms with Crippen LogP contribution in [0.4, 0.5) is 5.69 Å². The van der Waals surface area contributed by atoms with Crippen LogP contribution in [0.5, 0.6) is 11.5 Å². The first kappa shape index (κ1) is 16.1. The Balaban J connectivity index is 1.74. The minimum Gasteiger partial charge on any atom is -0.486 e. The first-order chi connectivity index (χ1) is 11.5.